The van der Waals surface area contributed by atoms with E-state index in [0.717, 1.165) is 31.3 Å². The number of amides is 3. The first kappa shape index (κ1) is 32.0. The fourth-order valence-corrected chi connectivity index (χ4v) is 5.26. The molecule has 1 fully saturated rings. The van der Waals surface area contributed by atoms with Gasteiger partial charge in [-0.25, -0.2) is 4.79 Å². The molecule has 0 radical (unpaired) electrons. The van der Waals surface area contributed by atoms with Crippen molar-refractivity contribution in [2.45, 2.75) is 98.8 Å². The van der Waals surface area contributed by atoms with Gasteiger partial charge in [-0.2, -0.15) is 0 Å². The highest BCUT2D eigenvalue weighted by molar-refractivity contribution is 5.98. The first-order valence-corrected chi connectivity index (χ1v) is 14.1. The minimum Gasteiger partial charge on any atom is -0.465 e. The van der Waals surface area contributed by atoms with Gasteiger partial charge in [0.05, 0.1) is 18.9 Å². The van der Waals surface area contributed by atoms with Crippen molar-refractivity contribution in [2.75, 3.05) is 13.2 Å². The number of likely N-dealkylation sites (tertiary alicyclic amines) is 1. The third-order valence-electron chi connectivity index (χ3n) is 7.25. The smallest absolute Gasteiger partial charge is 0.334 e. The third kappa shape index (κ3) is 8.13. The molecule has 3 amide bonds. The van der Waals surface area contributed by atoms with Gasteiger partial charge >= 0.3 is 11.9 Å². The molecule has 9 nitrogen and oxygen atoms in total. The number of imide groups is 1. The van der Waals surface area contributed by atoms with Crippen molar-refractivity contribution in [3.8, 4) is 0 Å². The summed E-state index contributed by atoms with van der Waals surface area (Å²) >= 11 is 0. The number of hydrogen-bond donors (Lipinski definition) is 0. The standard InChI is InChI=1S/C30H44N2O7/c1-6-13-26(34)32(21-33)39-27(35)20-24-28(36)31(19-17-23(5)15-12-14-22(3)4)25-16-10-8-9-11-18-30(24,25)29(37)38-7-2/h14,16-17,21,24H,6-13,15,18-20H2,1-5H3/b23-17+,25-16+. The van der Waals surface area contributed by atoms with Crippen LogP contribution in [-0.4, -0.2) is 53.3 Å². The zero-order valence-corrected chi connectivity index (χ0v) is 24.1. The second kappa shape index (κ2) is 15.4. The Labute approximate surface area is 232 Å². The summed E-state index contributed by atoms with van der Waals surface area (Å²) in [5.74, 6) is -3.54. The van der Waals surface area contributed by atoms with Crippen LogP contribution in [0.3, 0.4) is 0 Å². The van der Waals surface area contributed by atoms with Crippen molar-refractivity contribution < 1.29 is 33.5 Å². The van der Waals surface area contributed by atoms with Gasteiger partial charge in [0.25, 0.3) is 12.3 Å². The second-order valence-corrected chi connectivity index (χ2v) is 10.5. The number of fused-ring (bicyclic) bond motifs is 1. The molecule has 1 aliphatic heterocycles. The summed E-state index contributed by atoms with van der Waals surface area (Å²) in [7, 11) is 0. The number of carbonyl (C=O) groups is 5. The van der Waals surface area contributed by atoms with E-state index < -0.39 is 35.6 Å². The molecule has 1 saturated heterocycles. The normalized spacial score (nSPS) is 22.5. The Morgan fingerprint density at radius 2 is 1.85 bits per heavy atom. The largest absolute Gasteiger partial charge is 0.465 e. The van der Waals surface area contributed by atoms with Crippen molar-refractivity contribution in [1.29, 1.82) is 0 Å². The van der Waals surface area contributed by atoms with Gasteiger partial charge in [-0.15, -0.1) is 5.06 Å². The molecule has 0 aromatic carbocycles. The lowest BCUT2D eigenvalue weighted by atomic mass is 9.69. The first-order chi connectivity index (χ1) is 18.6. The van der Waals surface area contributed by atoms with Crippen LogP contribution in [0.1, 0.15) is 98.8 Å². The molecule has 1 heterocycles. The van der Waals surface area contributed by atoms with E-state index in [1.165, 1.54) is 5.57 Å². The van der Waals surface area contributed by atoms with Gasteiger partial charge < -0.3 is 14.5 Å². The highest BCUT2D eigenvalue weighted by Crippen LogP contribution is 2.52. The molecule has 9 heteroatoms. The van der Waals surface area contributed by atoms with Crippen molar-refractivity contribution >= 4 is 30.2 Å². The van der Waals surface area contributed by atoms with Crippen molar-refractivity contribution in [1.82, 2.24) is 9.96 Å². The Bertz CT molecular complexity index is 1010. The lowest BCUT2D eigenvalue weighted by Crippen LogP contribution is -2.42. The van der Waals surface area contributed by atoms with E-state index in [-0.39, 0.29) is 31.9 Å². The maximum Gasteiger partial charge on any atom is 0.334 e. The summed E-state index contributed by atoms with van der Waals surface area (Å²) < 4.78 is 5.51. The Morgan fingerprint density at radius 3 is 2.49 bits per heavy atom. The number of hydroxylamine groups is 2. The molecule has 39 heavy (non-hydrogen) atoms. The van der Waals surface area contributed by atoms with Gasteiger partial charge in [0.2, 0.25) is 5.91 Å². The summed E-state index contributed by atoms with van der Waals surface area (Å²) in [5.41, 5.74) is 1.60. The molecule has 0 saturated carbocycles. The van der Waals surface area contributed by atoms with Gasteiger partial charge in [0.15, 0.2) is 0 Å². The average Bonchev–Trinajstić information content (AvgIpc) is 3.07. The molecule has 0 N–H and O–H groups in total. The van der Waals surface area contributed by atoms with Gasteiger partial charge in [-0.05, 0) is 66.2 Å². The van der Waals surface area contributed by atoms with Crippen LogP contribution in [0, 0.1) is 11.3 Å². The predicted octanol–water partition coefficient (Wildman–Crippen LogP) is 5.17. The van der Waals surface area contributed by atoms with Crippen LogP contribution in [0.2, 0.25) is 0 Å². The van der Waals surface area contributed by atoms with E-state index in [0.29, 0.717) is 36.4 Å². The monoisotopic (exact) mass is 544 g/mol. The fourth-order valence-electron chi connectivity index (χ4n) is 5.26. The molecule has 2 aliphatic rings. The van der Waals surface area contributed by atoms with Crippen molar-refractivity contribution in [2.24, 2.45) is 11.3 Å². The number of allylic oxidation sites excluding steroid dienone is 4. The predicted molar refractivity (Wildman–Crippen MR) is 146 cm³/mol. The molecule has 216 valence electrons. The molecule has 0 aromatic heterocycles. The maximum absolute atomic E-state index is 13.9. The Balaban J connectivity index is 2.44. The number of ether oxygens (including phenoxy) is 1. The number of rotatable bonds is 12. The van der Waals surface area contributed by atoms with Crippen molar-refractivity contribution in [3.05, 3.63) is 35.1 Å². The highest BCUT2D eigenvalue weighted by atomic mass is 16.7. The third-order valence-corrected chi connectivity index (χ3v) is 7.25. The lowest BCUT2D eigenvalue weighted by Gasteiger charge is -2.34. The zero-order valence-electron chi connectivity index (χ0n) is 24.1. The second-order valence-electron chi connectivity index (χ2n) is 10.5. The van der Waals surface area contributed by atoms with Gasteiger partial charge in [-0.1, -0.05) is 49.1 Å². The van der Waals surface area contributed by atoms with E-state index >= 15 is 0 Å². The number of nitrogens with zero attached hydrogens (tertiary/aromatic N) is 2. The van der Waals surface area contributed by atoms with Gasteiger partial charge in [0.1, 0.15) is 5.41 Å². The number of hydrogen-bond acceptors (Lipinski definition) is 7. The molecule has 2 atom stereocenters. The van der Waals surface area contributed by atoms with E-state index in [4.69, 9.17) is 9.57 Å². The van der Waals surface area contributed by atoms with Crippen LogP contribution in [-0.2, 0) is 33.5 Å². The SMILES string of the molecule is CCCC(=O)N(C=O)OC(=O)CC1C(=O)N(C/C=C(\C)CCC=C(C)C)/C2=C/CCCCCC21C(=O)OCC. The Morgan fingerprint density at radius 1 is 1.10 bits per heavy atom. The average molecular weight is 545 g/mol. The number of carbonyl (C=O) groups excluding carboxylic acids is 5. The van der Waals surface area contributed by atoms with Crippen LogP contribution in [0.4, 0.5) is 0 Å². The maximum atomic E-state index is 13.9. The molecule has 2 unspecified atom stereocenters. The zero-order chi connectivity index (χ0) is 29.0. The van der Waals surface area contributed by atoms with E-state index in [2.05, 4.69) is 19.9 Å². The van der Waals surface area contributed by atoms with Gasteiger partial charge in [-0.3, -0.25) is 19.2 Å². The minimum atomic E-state index is -1.34. The minimum absolute atomic E-state index is 0.0289. The topological polar surface area (TPSA) is 110 Å². The Hall–Kier alpha value is -3.23. The van der Waals surface area contributed by atoms with Crippen LogP contribution in [0.25, 0.3) is 0 Å². The van der Waals surface area contributed by atoms with Gasteiger partial charge in [0, 0.05) is 18.7 Å². The quantitative estimate of drug-likeness (QED) is 0.144. The first-order valence-electron chi connectivity index (χ1n) is 14.1. The molecule has 2 rings (SSSR count). The fraction of sp³-hybridized carbons (Fsp3) is 0.633. The van der Waals surface area contributed by atoms with E-state index in [1.54, 1.807) is 18.7 Å². The van der Waals surface area contributed by atoms with E-state index in [1.807, 2.05) is 19.1 Å². The molecule has 0 spiro atoms. The summed E-state index contributed by atoms with van der Waals surface area (Å²) in [4.78, 5) is 70.7. The summed E-state index contributed by atoms with van der Waals surface area (Å²) in [6, 6.07) is 0. The Kier molecular flexibility index (Phi) is 12.6. The van der Waals surface area contributed by atoms with E-state index in [9.17, 15) is 24.0 Å². The van der Waals surface area contributed by atoms with Crippen molar-refractivity contribution in [3.63, 3.8) is 0 Å². The molecule has 0 aromatic rings. The summed E-state index contributed by atoms with van der Waals surface area (Å²) in [6.45, 7) is 9.99. The van der Waals surface area contributed by atoms with Crippen LogP contribution in [0.5, 0.6) is 0 Å². The molecular formula is C30H44N2O7. The number of esters is 1. The molecular weight excluding hydrogens is 500 g/mol. The van der Waals surface area contributed by atoms with Crippen LogP contribution < -0.4 is 0 Å². The molecule has 0 bridgehead atoms. The van der Waals surface area contributed by atoms with Crippen LogP contribution >= 0.6 is 0 Å². The molecule has 1 aliphatic carbocycles. The summed E-state index contributed by atoms with van der Waals surface area (Å²) in [5, 5.41) is 0.369. The van der Waals surface area contributed by atoms with Crippen LogP contribution in [0.15, 0.2) is 35.1 Å². The lowest BCUT2D eigenvalue weighted by molar-refractivity contribution is -0.198. The highest BCUT2D eigenvalue weighted by Gasteiger charge is 2.61. The summed E-state index contributed by atoms with van der Waals surface area (Å²) in [6.07, 6.45) is 11.6.